The number of hydrogen-bond donors (Lipinski definition) is 1. The zero-order chi connectivity index (χ0) is 21.1. The summed E-state index contributed by atoms with van der Waals surface area (Å²) in [5.74, 6) is 0.852. The smallest absolute Gasteiger partial charge is 0.240 e. The van der Waals surface area contributed by atoms with Crippen molar-refractivity contribution in [3.63, 3.8) is 0 Å². The zero-order valence-corrected chi connectivity index (χ0v) is 17.9. The molecule has 0 radical (unpaired) electrons. The molecule has 0 saturated carbocycles. The number of nitrogens with zero attached hydrogens (tertiary/aromatic N) is 4. The van der Waals surface area contributed by atoms with Crippen molar-refractivity contribution in [2.75, 3.05) is 24.5 Å². The number of piperidine rings is 1. The SMILES string of the molecule is CC(C)(C)c1ccc(S(=O)(=O)NCC2CCN(c3nccnc3C#N)CC2)cc1. The lowest BCUT2D eigenvalue weighted by atomic mass is 9.87. The van der Waals surface area contributed by atoms with Crippen LogP contribution in [0.4, 0.5) is 5.82 Å². The van der Waals surface area contributed by atoms with Gasteiger partial charge in [0.15, 0.2) is 11.5 Å². The molecule has 1 aliphatic heterocycles. The molecular formula is C21H27N5O2S. The summed E-state index contributed by atoms with van der Waals surface area (Å²) in [5.41, 5.74) is 1.41. The first-order chi connectivity index (χ1) is 13.7. The summed E-state index contributed by atoms with van der Waals surface area (Å²) in [7, 11) is -3.53. The third kappa shape index (κ3) is 5.11. The fourth-order valence-corrected chi connectivity index (χ4v) is 4.55. The maximum atomic E-state index is 12.6. The minimum absolute atomic E-state index is 0.0156. The predicted molar refractivity (Wildman–Crippen MR) is 112 cm³/mol. The second-order valence-corrected chi connectivity index (χ2v) is 10.2. The summed E-state index contributed by atoms with van der Waals surface area (Å²) in [4.78, 5) is 10.7. The third-order valence-electron chi connectivity index (χ3n) is 5.29. The summed E-state index contributed by atoms with van der Waals surface area (Å²) < 4.78 is 28.0. The van der Waals surface area contributed by atoms with E-state index in [1.807, 2.05) is 17.0 Å². The molecule has 0 amide bonds. The van der Waals surface area contributed by atoms with Crippen molar-refractivity contribution in [1.29, 1.82) is 5.26 Å². The molecule has 1 aromatic carbocycles. The molecule has 0 unspecified atom stereocenters. The van der Waals surface area contributed by atoms with Crippen molar-refractivity contribution in [2.24, 2.45) is 5.92 Å². The monoisotopic (exact) mass is 413 g/mol. The van der Waals surface area contributed by atoms with Crippen molar-refractivity contribution < 1.29 is 8.42 Å². The molecule has 0 spiro atoms. The van der Waals surface area contributed by atoms with Crippen LogP contribution in [0.2, 0.25) is 0 Å². The van der Waals surface area contributed by atoms with Crippen molar-refractivity contribution in [3.05, 3.63) is 47.9 Å². The van der Waals surface area contributed by atoms with Gasteiger partial charge in [0.25, 0.3) is 0 Å². The molecule has 0 aliphatic carbocycles. The first-order valence-electron chi connectivity index (χ1n) is 9.77. The molecule has 1 aliphatic rings. The molecule has 2 aromatic rings. The number of hydrogen-bond acceptors (Lipinski definition) is 6. The van der Waals surface area contributed by atoms with Gasteiger partial charge in [-0.25, -0.2) is 23.1 Å². The van der Waals surface area contributed by atoms with Crippen LogP contribution in [0.3, 0.4) is 0 Å². The maximum Gasteiger partial charge on any atom is 0.240 e. The van der Waals surface area contributed by atoms with Gasteiger partial charge in [-0.15, -0.1) is 0 Å². The quantitative estimate of drug-likeness (QED) is 0.809. The van der Waals surface area contributed by atoms with Crippen molar-refractivity contribution in [1.82, 2.24) is 14.7 Å². The molecule has 0 atom stereocenters. The molecule has 0 bridgehead atoms. The van der Waals surface area contributed by atoms with Crippen LogP contribution in [-0.4, -0.2) is 38.0 Å². The Morgan fingerprint density at radius 3 is 2.34 bits per heavy atom. The first kappa shape index (κ1) is 21.2. The molecule has 1 saturated heterocycles. The highest BCUT2D eigenvalue weighted by Gasteiger charge is 2.24. The molecule has 29 heavy (non-hydrogen) atoms. The van der Waals surface area contributed by atoms with E-state index in [1.54, 1.807) is 18.3 Å². The fourth-order valence-electron chi connectivity index (χ4n) is 3.43. The maximum absolute atomic E-state index is 12.6. The summed E-state index contributed by atoms with van der Waals surface area (Å²) >= 11 is 0. The lowest BCUT2D eigenvalue weighted by Gasteiger charge is -2.32. The van der Waals surface area contributed by atoms with Gasteiger partial charge in [-0.2, -0.15) is 5.26 Å². The second kappa shape index (κ2) is 8.47. The molecule has 1 N–H and O–H groups in total. The van der Waals surface area contributed by atoms with Crippen LogP contribution >= 0.6 is 0 Å². The molecule has 7 nitrogen and oxygen atoms in total. The minimum atomic E-state index is -3.53. The molecular weight excluding hydrogens is 386 g/mol. The Labute approximate surface area is 172 Å². The van der Waals surface area contributed by atoms with Crippen LogP contribution in [0.15, 0.2) is 41.6 Å². The highest BCUT2D eigenvalue weighted by molar-refractivity contribution is 7.89. The first-order valence-corrected chi connectivity index (χ1v) is 11.3. The summed E-state index contributed by atoms with van der Waals surface area (Å²) in [6, 6.07) is 9.16. The van der Waals surface area contributed by atoms with Gasteiger partial charge >= 0.3 is 0 Å². The largest absolute Gasteiger partial charge is 0.354 e. The summed E-state index contributed by atoms with van der Waals surface area (Å²) in [5, 5.41) is 9.19. The number of rotatable bonds is 5. The van der Waals surface area contributed by atoms with E-state index in [9.17, 15) is 13.7 Å². The van der Waals surface area contributed by atoms with Gasteiger partial charge in [0.1, 0.15) is 6.07 Å². The van der Waals surface area contributed by atoms with Crippen LogP contribution in [0.25, 0.3) is 0 Å². The van der Waals surface area contributed by atoms with Crippen LogP contribution in [-0.2, 0) is 15.4 Å². The molecule has 8 heteroatoms. The van der Waals surface area contributed by atoms with Crippen LogP contribution in [0, 0.1) is 17.2 Å². The van der Waals surface area contributed by atoms with Gasteiger partial charge in [-0.05, 0) is 41.9 Å². The third-order valence-corrected chi connectivity index (χ3v) is 6.73. The van der Waals surface area contributed by atoms with Crippen LogP contribution in [0.1, 0.15) is 44.9 Å². The van der Waals surface area contributed by atoms with E-state index < -0.39 is 10.0 Å². The Morgan fingerprint density at radius 1 is 1.14 bits per heavy atom. The van der Waals surface area contributed by atoms with Crippen molar-refractivity contribution in [3.8, 4) is 6.07 Å². The van der Waals surface area contributed by atoms with Gasteiger partial charge < -0.3 is 4.90 Å². The van der Waals surface area contributed by atoms with Gasteiger partial charge in [0.05, 0.1) is 4.90 Å². The number of anilines is 1. The molecule has 2 heterocycles. The minimum Gasteiger partial charge on any atom is -0.354 e. The standard InChI is InChI=1S/C21H27N5O2S/c1-21(2,3)17-4-6-18(7-5-17)29(27,28)25-15-16-8-12-26(13-9-16)20-19(14-22)23-10-11-24-20/h4-7,10-11,16,25H,8-9,12-13,15H2,1-3H3. The van der Waals surface area contributed by atoms with Crippen LogP contribution in [0.5, 0.6) is 0 Å². The zero-order valence-electron chi connectivity index (χ0n) is 17.1. The van der Waals surface area contributed by atoms with E-state index in [1.165, 1.54) is 6.20 Å². The number of sulfonamides is 1. The van der Waals surface area contributed by atoms with E-state index >= 15 is 0 Å². The number of nitriles is 1. The number of benzene rings is 1. The average Bonchev–Trinajstić information content (AvgIpc) is 2.72. The number of aromatic nitrogens is 2. The topological polar surface area (TPSA) is 99.0 Å². The fraction of sp³-hybridized carbons (Fsp3) is 0.476. The molecule has 1 fully saturated rings. The van der Waals surface area contributed by atoms with Crippen LogP contribution < -0.4 is 9.62 Å². The van der Waals surface area contributed by atoms with E-state index in [-0.39, 0.29) is 11.3 Å². The Hall–Kier alpha value is -2.50. The van der Waals surface area contributed by atoms with Crippen molar-refractivity contribution in [2.45, 2.75) is 43.9 Å². The van der Waals surface area contributed by atoms with Gasteiger partial charge in [0.2, 0.25) is 10.0 Å². The molecule has 3 rings (SSSR count). The highest BCUT2D eigenvalue weighted by atomic mass is 32.2. The Bertz CT molecular complexity index is 983. The Morgan fingerprint density at radius 2 is 1.76 bits per heavy atom. The lowest BCUT2D eigenvalue weighted by molar-refractivity contribution is 0.400. The van der Waals surface area contributed by atoms with Gasteiger partial charge in [-0.3, -0.25) is 0 Å². The van der Waals surface area contributed by atoms with E-state index in [4.69, 9.17) is 0 Å². The van der Waals surface area contributed by atoms with E-state index in [0.717, 1.165) is 31.5 Å². The van der Waals surface area contributed by atoms with E-state index in [0.29, 0.717) is 23.0 Å². The predicted octanol–water partition coefficient (Wildman–Crippen LogP) is 2.84. The summed E-state index contributed by atoms with van der Waals surface area (Å²) in [6.45, 7) is 8.15. The lowest BCUT2D eigenvalue weighted by Crippen LogP contribution is -2.39. The normalized spacial score (nSPS) is 15.9. The van der Waals surface area contributed by atoms with Crippen molar-refractivity contribution >= 4 is 15.8 Å². The average molecular weight is 414 g/mol. The Balaban J connectivity index is 1.56. The van der Waals surface area contributed by atoms with Gasteiger partial charge in [-0.1, -0.05) is 32.9 Å². The highest BCUT2D eigenvalue weighted by Crippen LogP contribution is 2.25. The second-order valence-electron chi connectivity index (χ2n) is 8.40. The summed E-state index contributed by atoms with van der Waals surface area (Å²) in [6.07, 6.45) is 4.75. The number of nitrogens with one attached hydrogen (secondary N) is 1. The van der Waals surface area contributed by atoms with E-state index in [2.05, 4.69) is 41.5 Å². The van der Waals surface area contributed by atoms with Gasteiger partial charge in [0, 0.05) is 32.0 Å². The molecule has 154 valence electrons. The Kier molecular flexibility index (Phi) is 6.20. The molecule has 1 aromatic heterocycles.